The van der Waals surface area contributed by atoms with Crippen molar-refractivity contribution in [2.24, 2.45) is 5.92 Å². The highest BCUT2D eigenvalue weighted by Gasteiger charge is 2.22. The number of benzene rings is 2. The van der Waals surface area contributed by atoms with E-state index in [0.717, 1.165) is 12.3 Å². The Kier molecular flexibility index (Phi) is 3.65. The molecule has 0 amide bonds. The molecule has 0 spiro atoms. The first-order chi connectivity index (χ1) is 9.33. The highest BCUT2D eigenvalue weighted by molar-refractivity contribution is 5.63. The topological polar surface area (TPSA) is 12.0 Å². The van der Waals surface area contributed by atoms with Crippen molar-refractivity contribution in [2.75, 3.05) is 6.54 Å². The first kappa shape index (κ1) is 12.4. The van der Waals surface area contributed by atoms with E-state index in [0.29, 0.717) is 6.04 Å². The van der Waals surface area contributed by atoms with E-state index in [9.17, 15) is 0 Å². The summed E-state index contributed by atoms with van der Waals surface area (Å²) in [5, 5.41) is 3.60. The zero-order valence-electron chi connectivity index (χ0n) is 11.5. The zero-order chi connectivity index (χ0) is 13.1. The van der Waals surface area contributed by atoms with E-state index in [4.69, 9.17) is 0 Å². The largest absolute Gasteiger partial charge is 0.313 e. The normalized spacial score (nSPS) is 22.6. The predicted molar refractivity (Wildman–Crippen MR) is 81.2 cm³/mol. The molecule has 1 saturated heterocycles. The Balaban J connectivity index is 1.72. The fourth-order valence-electron chi connectivity index (χ4n) is 2.89. The van der Waals surface area contributed by atoms with Crippen LogP contribution in [0.15, 0.2) is 54.6 Å². The summed E-state index contributed by atoms with van der Waals surface area (Å²) in [5.41, 5.74) is 4.03. The van der Waals surface area contributed by atoms with Gasteiger partial charge in [-0.25, -0.2) is 0 Å². The molecule has 1 nitrogen and oxygen atoms in total. The molecule has 2 unspecified atom stereocenters. The van der Waals surface area contributed by atoms with Crippen LogP contribution in [0.25, 0.3) is 11.1 Å². The molecule has 0 radical (unpaired) electrons. The molecular formula is C18H21N. The molecule has 1 N–H and O–H groups in total. The quantitative estimate of drug-likeness (QED) is 0.872. The van der Waals surface area contributed by atoms with Gasteiger partial charge in [0, 0.05) is 6.04 Å². The molecule has 0 bridgehead atoms. The van der Waals surface area contributed by atoms with Gasteiger partial charge in [-0.05, 0) is 42.0 Å². The van der Waals surface area contributed by atoms with E-state index < -0.39 is 0 Å². The Morgan fingerprint density at radius 2 is 1.63 bits per heavy atom. The molecule has 1 heteroatoms. The molecule has 1 heterocycles. The van der Waals surface area contributed by atoms with E-state index in [1.54, 1.807) is 0 Å². The minimum absolute atomic E-state index is 0.655. The van der Waals surface area contributed by atoms with Gasteiger partial charge in [0.05, 0.1) is 0 Å². The fourth-order valence-corrected chi connectivity index (χ4v) is 2.89. The molecule has 0 aliphatic carbocycles. The second kappa shape index (κ2) is 5.58. The van der Waals surface area contributed by atoms with E-state index in [1.165, 1.54) is 29.7 Å². The Morgan fingerprint density at radius 1 is 0.947 bits per heavy atom. The lowest BCUT2D eigenvalue weighted by Gasteiger charge is -2.15. The van der Waals surface area contributed by atoms with Crippen LogP contribution in [0.2, 0.25) is 0 Å². The van der Waals surface area contributed by atoms with E-state index in [2.05, 4.69) is 66.8 Å². The lowest BCUT2D eigenvalue weighted by atomic mass is 9.95. The van der Waals surface area contributed by atoms with Crippen molar-refractivity contribution in [3.8, 4) is 11.1 Å². The van der Waals surface area contributed by atoms with Crippen LogP contribution in [0.4, 0.5) is 0 Å². The predicted octanol–water partition coefficient (Wildman–Crippen LogP) is 3.89. The lowest BCUT2D eigenvalue weighted by molar-refractivity contribution is 0.480. The van der Waals surface area contributed by atoms with Crippen LogP contribution in [0, 0.1) is 5.92 Å². The van der Waals surface area contributed by atoms with Crippen LogP contribution in [0.5, 0.6) is 0 Å². The summed E-state index contributed by atoms with van der Waals surface area (Å²) in [5.74, 6) is 0.800. The second-order valence-electron chi connectivity index (χ2n) is 5.59. The fraction of sp³-hybridized carbons (Fsp3) is 0.333. The molecule has 98 valence electrons. The van der Waals surface area contributed by atoms with Gasteiger partial charge in [-0.2, -0.15) is 0 Å². The van der Waals surface area contributed by atoms with Crippen molar-refractivity contribution in [3.63, 3.8) is 0 Å². The van der Waals surface area contributed by atoms with Gasteiger partial charge in [-0.3, -0.25) is 0 Å². The first-order valence-electron chi connectivity index (χ1n) is 7.21. The van der Waals surface area contributed by atoms with Crippen molar-refractivity contribution in [1.29, 1.82) is 0 Å². The van der Waals surface area contributed by atoms with Crippen molar-refractivity contribution in [2.45, 2.75) is 25.8 Å². The molecule has 1 fully saturated rings. The number of rotatable bonds is 3. The molecule has 1 aliphatic heterocycles. The van der Waals surface area contributed by atoms with Crippen LogP contribution in [-0.4, -0.2) is 12.6 Å². The standard InChI is InChI=1S/C18H21N/c1-14-11-12-19-18(14)13-15-7-9-17(10-8-15)16-5-3-2-4-6-16/h2-10,14,18-19H,11-13H2,1H3. The summed E-state index contributed by atoms with van der Waals surface area (Å²) in [6.45, 7) is 3.52. The van der Waals surface area contributed by atoms with Crippen LogP contribution >= 0.6 is 0 Å². The SMILES string of the molecule is CC1CCNC1Cc1ccc(-c2ccccc2)cc1. The van der Waals surface area contributed by atoms with Gasteiger partial charge in [-0.15, -0.1) is 0 Å². The van der Waals surface area contributed by atoms with Crippen LogP contribution < -0.4 is 5.32 Å². The Hall–Kier alpha value is -1.60. The van der Waals surface area contributed by atoms with E-state index in [1.807, 2.05) is 0 Å². The second-order valence-corrected chi connectivity index (χ2v) is 5.59. The van der Waals surface area contributed by atoms with Gasteiger partial charge in [0.15, 0.2) is 0 Å². The lowest BCUT2D eigenvalue weighted by Crippen LogP contribution is -2.27. The average molecular weight is 251 g/mol. The van der Waals surface area contributed by atoms with Gasteiger partial charge in [0.1, 0.15) is 0 Å². The molecule has 3 rings (SSSR count). The summed E-state index contributed by atoms with van der Waals surface area (Å²) >= 11 is 0. The van der Waals surface area contributed by atoms with Crippen LogP contribution in [0.1, 0.15) is 18.9 Å². The smallest absolute Gasteiger partial charge is 0.0134 e. The molecule has 2 atom stereocenters. The zero-order valence-corrected chi connectivity index (χ0v) is 11.5. The average Bonchev–Trinajstić information content (AvgIpc) is 2.86. The van der Waals surface area contributed by atoms with Gasteiger partial charge in [0.25, 0.3) is 0 Å². The molecule has 0 aromatic heterocycles. The summed E-state index contributed by atoms with van der Waals surface area (Å²) < 4.78 is 0. The summed E-state index contributed by atoms with van der Waals surface area (Å²) in [6, 6.07) is 20.2. The van der Waals surface area contributed by atoms with Gasteiger partial charge in [0.2, 0.25) is 0 Å². The first-order valence-corrected chi connectivity index (χ1v) is 7.21. The van der Waals surface area contributed by atoms with E-state index >= 15 is 0 Å². The highest BCUT2D eigenvalue weighted by atomic mass is 14.9. The van der Waals surface area contributed by atoms with Crippen molar-refractivity contribution >= 4 is 0 Å². The van der Waals surface area contributed by atoms with Crippen LogP contribution in [0.3, 0.4) is 0 Å². The molecule has 2 aromatic rings. The molecule has 19 heavy (non-hydrogen) atoms. The highest BCUT2D eigenvalue weighted by Crippen LogP contribution is 2.22. The number of hydrogen-bond acceptors (Lipinski definition) is 1. The third-order valence-electron chi connectivity index (χ3n) is 4.21. The Morgan fingerprint density at radius 3 is 2.26 bits per heavy atom. The molecular weight excluding hydrogens is 230 g/mol. The summed E-state index contributed by atoms with van der Waals surface area (Å²) in [7, 11) is 0. The van der Waals surface area contributed by atoms with Crippen LogP contribution in [-0.2, 0) is 6.42 Å². The molecule has 2 aromatic carbocycles. The van der Waals surface area contributed by atoms with Gasteiger partial charge in [-0.1, -0.05) is 61.5 Å². The maximum Gasteiger partial charge on any atom is 0.0134 e. The maximum atomic E-state index is 3.60. The van der Waals surface area contributed by atoms with Gasteiger partial charge >= 0.3 is 0 Å². The van der Waals surface area contributed by atoms with Gasteiger partial charge < -0.3 is 5.32 Å². The Labute approximate surface area is 115 Å². The summed E-state index contributed by atoms with van der Waals surface area (Å²) in [6.07, 6.45) is 2.46. The third-order valence-corrected chi connectivity index (χ3v) is 4.21. The van der Waals surface area contributed by atoms with E-state index in [-0.39, 0.29) is 0 Å². The number of hydrogen-bond donors (Lipinski definition) is 1. The molecule has 1 aliphatic rings. The summed E-state index contributed by atoms with van der Waals surface area (Å²) in [4.78, 5) is 0. The number of nitrogens with one attached hydrogen (secondary N) is 1. The minimum atomic E-state index is 0.655. The van der Waals surface area contributed by atoms with Crippen molar-refractivity contribution in [1.82, 2.24) is 5.32 Å². The van der Waals surface area contributed by atoms with Crippen molar-refractivity contribution in [3.05, 3.63) is 60.2 Å². The minimum Gasteiger partial charge on any atom is -0.313 e. The van der Waals surface area contributed by atoms with Crippen molar-refractivity contribution < 1.29 is 0 Å². The monoisotopic (exact) mass is 251 g/mol. The molecule has 0 saturated carbocycles. The third kappa shape index (κ3) is 2.87. The Bertz CT molecular complexity index is 515. The maximum absolute atomic E-state index is 3.60.